The largest absolute Gasteiger partial charge is 0.354 e. The van der Waals surface area contributed by atoms with Crippen LogP contribution in [0.3, 0.4) is 0 Å². The molecule has 0 saturated carbocycles. The maximum absolute atomic E-state index is 14.2. The van der Waals surface area contributed by atoms with Gasteiger partial charge in [-0.15, -0.1) is 0 Å². The summed E-state index contributed by atoms with van der Waals surface area (Å²) in [5.74, 6) is -0.698. The van der Waals surface area contributed by atoms with Gasteiger partial charge in [0, 0.05) is 19.5 Å². The number of hydrogen-bond acceptors (Lipinski definition) is 4. The maximum atomic E-state index is 14.2. The molecule has 1 atom stereocenters. The predicted octanol–water partition coefficient (Wildman–Crippen LogP) is 4.93. The molecule has 0 bridgehead atoms. The smallest absolute Gasteiger partial charge is 0.244 e. The number of aryl methyl sites for hydroxylation is 3. The van der Waals surface area contributed by atoms with Crippen LogP contribution in [0.4, 0.5) is 5.69 Å². The number of unbranched alkanes of at least 4 members (excludes halogenated alkanes) is 1. The summed E-state index contributed by atoms with van der Waals surface area (Å²) < 4.78 is 27.2. The van der Waals surface area contributed by atoms with E-state index in [1.807, 2.05) is 100 Å². The van der Waals surface area contributed by atoms with E-state index in [4.69, 9.17) is 0 Å². The van der Waals surface area contributed by atoms with Crippen molar-refractivity contribution in [2.45, 2.75) is 59.5 Å². The lowest BCUT2D eigenvalue weighted by atomic mass is 10.0. The second-order valence-corrected chi connectivity index (χ2v) is 12.3. The molecule has 0 aliphatic heterocycles. The summed E-state index contributed by atoms with van der Waals surface area (Å²) >= 11 is 0. The van der Waals surface area contributed by atoms with Crippen LogP contribution in [-0.2, 0) is 32.6 Å². The summed E-state index contributed by atoms with van der Waals surface area (Å²) in [7, 11) is -3.81. The number of anilines is 1. The number of nitrogens with one attached hydrogen (secondary N) is 1. The number of benzene rings is 3. The first-order valence-electron chi connectivity index (χ1n) is 13.7. The Morgan fingerprint density at radius 3 is 2.05 bits per heavy atom. The zero-order valence-corrected chi connectivity index (χ0v) is 25.0. The molecule has 214 valence electrons. The van der Waals surface area contributed by atoms with Gasteiger partial charge >= 0.3 is 0 Å². The second-order valence-electron chi connectivity index (χ2n) is 10.4. The predicted molar refractivity (Wildman–Crippen MR) is 162 cm³/mol. The third-order valence-corrected chi connectivity index (χ3v) is 8.05. The van der Waals surface area contributed by atoms with Gasteiger partial charge < -0.3 is 10.2 Å². The van der Waals surface area contributed by atoms with Crippen LogP contribution in [0.1, 0.15) is 47.6 Å². The van der Waals surface area contributed by atoms with E-state index in [1.54, 1.807) is 0 Å². The molecular weight excluding hydrogens is 522 g/mol. The van der Waals surface area contributed by atoms with E-state index < -0.39 is 28.5 Å². The topological polar surface area (TPSA) is 86.8 Å². The third kappa shape index (κ3) is 8.42. The Morgan fingerprint density at radius 2 is 1.48 bits per heavy atom. The molecule has 1 N–H and O–H groups in total. The number of nitrogens with zero attached hydrogens (tertiary/aromatic N) is 2. The number of rotatable bonds is 13. The molecule has 0 unspecified atom stereocenters. The first kappa shape index (κ1) is 30.9. The summed E-state index contributed by atoms with van der Waals surface area (Å²) in [6.07, 6.45) is 3.16. The Kier molecular flexibility index (Phi) is 10.9. The Bertz CT molecular complexity index is 1370. The highest BCUT2D eigenvalue weighted by atomic mass is 32.2. The van der Waals surface area contributed by atoms with Crippen molar-refractivity contribution in [1.29, 1.82) is 0 Å². The van der Waals surface area contributed by atoms with E-state index in [2.05, 4.69) is 5.32 Å². The Labute approximate surface area is 239 Å². The van der Waals surface area contributed by atoms with Crippen molar-refractivity contribution in [1.82, 2.24) is 10.2 Å². The van der Waals surface area contributed by atoms with Crippen molar-refractivity contribution in [3.8, 4) is 0 Å². The lowest BCUT2D eigenvalue weighted by molar-refractivity contribution is -0.140. The van der Waals surface area contributed by atoms with E-state index in [9.17, 15) is 18.0 Å². The van der Waals surface area contributed by atoms with Crippen LogP contribution in [0.25, 0.3) is 0 Å². The minimum absolute atomic E-state index is 0.169. The molecule has 0 aliphatic carbocycles. The fraction of sp³-hybridized carbons (Fsp3) is 0.375. The number of sulfonamides is 1. The summed E-state index contributed by atoms with van der Waals surface area (Å²) in [6, 6.07) is 22.1. The van der Waals surface area contributed by atoms with E-state index in [0.717, 1.165) is 51.2 Å². The van der Waals surface area contributed by atoms with Crippen LogP contribution in [0.2, 0.25) is 0 Å². The fourth-order valence-electron chi connectivity index (χ4n) is 4.73. The molecular formula is C32H41N3O4S. The molecule has 3 aromatic rings. The van der Waals surface area contributed by atoms with Crippen molar-refractivity contribution in [3.63, 3.8) is 0 Å². The highest BCUT2D eigenvalue weighted by Gasteiger charge is 2.33. The second kappa shape index (κ2) is 14.1. The summed E-state index contributed by atoms with van der Waals surface area (Å²) in [6.45, 7) is 7.95. The Balaban J connectivity index is 2.06. The molecule has 8 heteroatoms. The van der Waals surface area contributed by atoms with Gasteiger partial charge in [-0.2, -0.15) is 0 Å². The average Bonchev–Trinajstić information content (AvgIpc) is 2.91. The average molecular weight is 564 g/mol. The Morgan fingerprint density at radius 1 is 0.850 bits per heavy atom. The van der Waals surface area contributed by atoms with Crippen molar-refractivity contribution >= 4 is 27.5 Å². The highest BCUT2D eigenvalue weighted by molar-refractivity contribution is 7.92. The molecule has 2 amide bonds. The molecule has 3 aromatic carbocycles. The third-order valence-electron chi connectivity index (χ3n) is 6.94. The molecule has 0 radical (unpaired) electrons. The monoisotopic (exact) mass is 563 g/mol. The standard InChI is InChI=1S/C32H41N3O4S/c1-6-7-20-33-32(37)29(21-27-14-9-8-10-15-27)34(22-28-18-16-24(2)17-19-28)30(36)23-35(40(5,38)39)31-25(3)12-11-13-26(31)4/h8-19,29H,6-7,20-23H2,1-5H3,(H,33,37)/t29-/m1/s1. The van der Waals surface area contributed by atoms with Crippen LogP contribution in [0, 0.1) is 20.8 Å². The van der Waals surface area contributed by atoms with Gasteiger partial charge in [-0.3, -0.25) is 13.9 Å². The van der Waals surface area contributed by atoms with E-state index in [1.165, 1.54) is 4.90 Å². The van der Waals surface area contributed by atoms with Crippen molar-refractivity contribution in [2.24, 2.45) is 0 Å². The van der Waals surface area contributed by atoms with Gasteiger partial charge in [-0.05, 0) is 49.4 Å². The quantitative estimate of drug-likeness (QED) is 0.299. The number of amides is 2. The van der Waals surface area contributed by atoms with Crippen LogP contribution in [0.15, 0.2) is 72.8 Å². The molecule has 0 saturated heterocycles. The van der Waals surface area contributed by atoms with E-state index in [0.29, 0.717) is 18.7 Å². The van der Waals surface area contributed by atoms with Gasteiger partial charge in [-0.1, -0.05) is 91.7 Å². The minimum Gasteiger partial charge on any atom is -0.354 e. The lowest BCUT2D eigenvalue weighted by Crippen LogP contribution is -2.53. The van der Waals surface area contributed by atoms with Crippen LogP contribution < -0.4 is 9.62 Å². The summed E-state index contributed by atoms with van der Waals surface area (Å²) in [4.78, 5) is 29.3. The Hall–Kier alpha value is -3.65. The highest BCUT2D eigenvalue weighted by Crippen LogP contribution is 2.27. The number of para-hydroxylation sites is 1. The SMILES string of the molecule is CCCCNC(=O)[C@@H](Cc1ccccc1)N(Cc1ccc(C)cc1)C(=O)CN(c1c(C)cccc1C)S(C)(=O)=O. The van der Waals surface area contributed by atoms with Crippen molar-refractivity contribution in [2.75, 3.05) is 23.7 Å². The number of hydrogen-bond donors (Lipinski definition) is 1. The van der Waals surface area contributed by atoms with E-state index >= 15 is 0 Å². The summed E-state index contributed by atoms with van der Waals surface area (Å²) in [5, 5.41) is 3.00. The fourth-order valence-corrected chi connectivity index (χ4v) is 5.69. The zero-order valence-electron chi connectivity index (χ0n) is 24.2. The van der Waals surface area contributed by atoms with E-state index in [-0.39, 0.29) is 12.5 Å². The summed E-state index contributed by atoms with van der Waals surface area (Å²) in [5.41, 5.74) is 4.84. The van der Waals surface area contributed by atoms with Gasteiger partial charge in [0.2, 0.25) is 21.8 Å². The van der Waals surface area contributed by atoms with Crippen molar-refractivity contribution < 1.29 is 18.0 Å². The van der Waals surface area contributed by atoms with Crippen LogP contribution in [-0.4, -0.2) is 50.5 Å². The minimum atomic E-state index is -3.81. The van der Waals surface area contributed by atoms with Gasteiger partial charge in [-0.25, -0.2) is 8.42 Å². The van der Waals surface area contributed by atoms with Gasteiger partial charge in [0.1, 0.15) is 12.6 Å². The first-order chi connectivity index (χ1) is 19.0. The lowest BCUT2D eigenvalue weighted by Gasteiger charge is -2.34. The zero-order chi connectivity index (χ0) is 29.3. The molecule has 0 spiro atoms. The molecule has 0 aliphatic rings. The molecule has 0 heterocycles. The maximum Gasteiger partial charge on any atom is 0.244 e. The number of carbonyl (C=O) groups excluding carboxylic acids is 2. The number of carbonyl (C=O) groups is 2. The van der Waals surface area contributed by atoms with Gasteiger partial charge in [0.25, 0.3) is 0 Å². The molecule has 0 aromatic heterocycles. The molecule has 3 rings (SSSR count). The molecule has 7 nitrogen and oxygen atoms in total. The van der Waals surface area contributed by atoms with Crippen LogP contribution in [0.5, 0.6) is 0 Å². The van der Waals surface area contributed by atoms with Gasteiger partial charge in [0.15, 0.2) is 0 Å². The van der Waals surface area contributed by atoms with Crippen LogP contribution >= 0.6 is 0 Å². The van der Waals surface area contributed by atoms with Gasteiger partial charge in [0.05, 0.1) is 11.9 Å². The first-order valence-corrected chi connectivity index (χ1v) is 15.6. The normalized spacial score (nSPS) is 12.0. The van der Waals surface area contributed by atoms with Crippen molar-refractivity contribution in [3.05, 3.63) is 101 Å². The molecule has 40 heavy (non-hydrogen) atoms. The molecule has 0 fully saturated rings.